The fourth-order valence-electron chi connectivity index (χ4n) is 3.23. The molecule has 7 nitrogen and oxygen atoms in total. The van der Waals surface area contributed by atoms with Crippen molar-refractivity contribution in [2.75, 3.05) is 19.6 Å². The third-order valence-corrected chi connectivity index (χ3v) is 4.52. The zero-order valence-electron chi connectivity index (χ0n) is 14.6. The van der Waals surface area contributed by atoms with Crippen LogP contribution >= 0.6 is 0 Å². The van der Waals surface area contributed by atoms with E-state index in [1.165, 1.54) is 17.9 Å². The number of phenolic OH excluding ortho intramolecular Hbond substituents is 1. The monoisotopic (exact) mass is 348 g/mol. The smallest absolute Gasteiger partial charge is 0.323 e. The third-order valence-electron chi connectivity index (χ3n) is 4.52. The first-order valence-corrected chi connectivity index (χ1v) is 8.37. The molecular weight excluding hydrogens is 324 g/mol. The summed E-state index contributed by atoms with van der Waals surface area (Å²) in [7, 11) is 0. The van der Waals surface area contributed by atoms with Crippen LogP contribution in [-0.4, -0.2) is 63.5 Å². The lowest BCUT2D eigenvalue weighted by atomic mass is 10.1. The van der Waals surface area contributed by atoms with Crippen LogP contribution in [0.2, 0.25) is 0 Å². The van der Waals surface area contributed by atoms with E-state index >= 15 is 0 Å². The molecule has 0 spiro atoms. The highest BCUT2D eigenvalue weighted by Crippen LogP contribution is 2.23. The molecule has 2 rings (SSSR count). The Kier molecular flexibility index (Phi) is 6.01. The topological polar surface area (TPSA) is 98.2 Å². The Balaban J connectivity index is 2.10. The van der Waals surface area contributed by atoms with Crippen LogP contribution in [0.25, 0.3) is 0 Å². The van der Waals surface area contributed by atoms with Crippen LogP contribution in [0, 0.1) is 6.92 Å². The average molecular weight is 348 g/mol. The molecule has 7 heteroatoms. The van der Waals surface area contributed by atoms with Crippen molar-refractivity contribution in [3.63, 3.8) is 0 Å². The first-order chi connectivity index (χ1) is 11.8. The highest BCUT2D eigenvalue weighted by Gasteiger charge is 2.28. The molecule has 1 aromatic rings. The summed E-state index contributed by atoms with van der Waals surface area (Å²) in [6, 6.07) is 4.71. The van der Waals surface area contributed by atoms with Gasteiger partial charge in [-0.25, -0.2) is 0 Å². The van der Waals surface area contributed by atoms with Crippen LogP contribution in [0.3, 0.4) is 0 Å². The van der Waals surface area contributed by atoms with Crippen molar-refractivity contribution in [1.29, 1.82) is 0 Å². The van der Waals surface area contributed by atoms with Gasteiger partial charge in [0.25, 0.3) is 5.91 Å². The first kappa shape index (κ1) is 18.8. The quantitative estimate of drug-likeness (QED) is 0.862. The number of carbonyl (C=O) groups is 3. The normalized spacial score (nSPS) is 17.7. The van der Waals surface area contributed by atoms with Crippen molar-refractivity contribution in [2.24, 2.45) is 0 Å². The van der Waals surface area contributed by atoms with Crippen molar-refractivity contribution in [3.8, 4) is 5.75 Å². The minimum absolute atomic E-state index is 0.0485. The number of nitrogens with zero attached hydrogens (tertiary/aromatic N) is 2. The van der Waals surface area contributed by atoms with E-state index in [4.69, 9.17) is 5.11 Å². The molecule has 1 atom stereocenters. The minimum atomic E-state index is -1.04. The molecule has 0 bridgehead atoms. The Bertz CT molecular complexity index is 673. The molecule has 1 saturated heterocycles. The largest absolute Gasteiger partial charge is 0.507 e. The number of benzene rings is 1. The second-order valence-electron chi connectivity index (χ2n) is 6.44. The lowest BCUT2D eigenvalue weighted by Crippen LogP contribution is -2.43. The highest BCUT2D eigenvalue weighted by molar-refractivity contribution is 5.97. The molecule has 1 heterocycles. The van der Waals surface area contributed by atoms with E-state index < -0.39 is 5.97 Å². The highest BCUT2D eigenvalue weighted by atomic mass is 16.4. The van der Waals surface area contributed by atoms with Gasteiger partial charge in [-0.05, 0) is 38.3 Å². The molecule has 25 heavy (non-hydrogen) atoms. The molecule has 1 aliphatic heterocycles. The molecule has 136 valence electrons. The number of likely N-dealkylation sites (tertiary alicyclic amines) is 1. The number of carboxylic acid groups (broad SMARTS) is 1. The molecule has 1 aliphatic rings. The number of hydrogen-bond acceptors (Lipinski definition) is 4. The SMILES string of the molecule is CC(=O)N(CC(=O)O)C1CCCN(C(=O)c2cc(C)ccc2O)CC1. The predicted octanol–water partition coefficient (Wildman–Crippen LogP) is 1.63. The molecular formula is C18H24N2O5. The summed E-state index contributed by atoms with van der Waals surface area (Å²) in [6.07, 6.45) is 1.84. The second kappa shape index (κ2) is 8.00. The summed E-state index contributed by atoms with van der Waals surface area (Å²) < 4.78 is 0. The van der Waals surface area contributed by atoms with Crippen LogP contribution in [0.5, 0.6) is 5.75 Å². The number of carboxylic acids is 1. The molecule has 0 aromatic heterocycles. The zero-order chi connectivity index (χ0) is 18.6. The van der Waals surface area contributed by atoms with Crippen LogP contribution in [0.15, 0.2) is 18.2 Å². The number of carbonyl (C=O) groups excluding carboxylic acids is 2. The van der Waals surface area contributed by atoms with Gasteiger partial charge in [0.15, 0.2) is 0 Å². The Labute approximate surface area is 146 Å². The summed E-state index contributed by atoms with van der Waals surface area (Å²) in [5, 5.41) is 18.9. The van der Waals surface area contributed by atoms with E-state index in [9.17, 15) is 19.5 Å². The van der Waals surface area contributed by atoms with E-state index in [0.29, 0.717) is 32.4 Å². The summed E-state index contributed by atoms with van der Waals surface area (Å²) >= 11 is 0. The summed E-state index contributed by atoms with van der Waals surface area (Å²) in [5.74, 6) is -1.61. The van der Waals surface area contributed by atoms with Gasteiger partial charge in [0.05, 0.1) is 5.56 Å². The molecule has 0 saturated carbocycles. The van der Waals surface area contributed by atoms with Crippen molar-refractivity contribution in [1.82, 2.24) is 9.80 Å². The minimum Gasteiger partial charge on any atom is -0.507 e. The van der Waals surface area contributed by atoms with Crippen molar-refractivity contribution in [3.05, 3.63) is 29.3 Å². The summed E-state index contributed by atoms with van der Waals surface area (Å²) in [4.78, 5) is 38.5. The maximum Gasteiger partial charge on any atom is 0.323 e. The Morgan fingerprint density at radius 2 is 1.96 bits per heavy atom. The molecule has 2 amide bonds. The molecule has 2 N–H and O–H groups in total. The molecule has 1 unspecified atom stereocenters. The summed E-state index contributed by atoms with van der Waals surface area (Å²) in [6.45, 7) is 3.82. The summed E-state index contributed by atoms with van der Waals surface area (Å²) in [5.41, 5.74) is 1.16. The van der Waals surface area contributed by atoms with E-state index in [0.717, 1.165) is 5.56 Å². The Hall–Kier alpha value is -2.57. The van der Waals surface area contributed by atoms with E-state index in [1.807, 2.05) is 6.92 Å². The molecule has 1 fully saturated rings. The number of aromatic hydroxyl groups is 1. The second-order valence-corrected chi connectivity index (χ2v) is 6.44. The van der Waals surface area contributed by atoms with Gasteiger partial charge in [-0.15, -0.1) is 0 Å². The first-order valence-electron chi connectivity index (χ1n) is 8.37. The van der Waals surface area contributed by atoms with Gasteiger partial charge in [0, 0.05) is 26.1 Å². The van der Waals surface area contributed by atoms with Gasteiger partial charge in [-0.3, -0.25) is 14.4 Å². The van der Waals surface area contributed by atoms with E-state index in [-0.39, 0.29) is 35.7 Å². The van der Waals surface area contributed by atoms with Crippen LogP contribution in [0.4, 0.5) is 0 Å². The molecule has 0 radical (unpaired) electrons. The van der Waals surface area contributed by atoms with Crippen molar-refractivity contribution >= 4 is 17.8 Å². The number of rotatable bonds is 4. The predicted molar refractivity (Wildman–Crippen MR) is 91.4 cm³/mol. The van der Waals surface area contributed by atoms with Gasteiger partial charge in [0.1, 0.15) is 12.3 Å². The maximum atomic E-state index is 12.7. The molecule has 0 aliphatic carbocycles. The van der Waals surface area contributed by atoms with Crippen LogP contribution < -0.4 is 0 Å². The van der Waals surface area contributed by atoms with Crippen LogP contribution in [0.1, 0.15) is 42.1 Å². The third kappa shape index (κ3) is 4.71. The van der Waals surface area contributed by atoms with Crippen LogP contribution in [-0.2, 0) is 9.59 Å². The van der Waals surface area contributed by atoms with Gasteiger partial charge >= 0.3 is 5.97 Å². The van der Waals surface area contributed by atoms with Crippen molar-refractivity contribution < 1.29 is 24.6 Å². The fourth-order valence-corrected chi connectivity index (χ4v) is 3.23. The Morgan fingerprint density at radius 3 is 2.60 bits per heavy atom. The van der Waals surface area contributed by atoms with E-state index in [2.05, 4.69) is 0 Å². The number of amides is 2. The fraction of sp³-hybridized carbons (Fsp3) is 0.500. The van der Waals surface area contributed by atoms with Gasteiger partial charge in [-0.1, -0.05) is 11.6 Å². The van der Waals surface area contributed by atoms with Gasteiger partial charge in [0.2, 0.25) is 5.91 Å². The molecule has 1 aromatic carbocycles. The average Bonchev–Trinajstić information content (AvgIpc) is 2.79. The number of aliphatic carboxylic acids is 1. The van der Waals surface area contributed by atoms with Gasteiger partial charge in [-0.2, -0.15) is 0 Å². The number of aryl methyl sites for hydroxylation is 1. The number of hydrogen-bond donors (Lipinski definition) is 2. The van der Waals surface area contributed by atoms with Crippen molar-refractivity contribution in [2.45, 2.75) is 39.2 Å². The lowest BCUT2D eigenvalue weighted by Gasteiger charge is -2.29. The standard InChI is InChI=1S/C18H24N2O5/c1-12-5-6-16(22)15(10-12)18(25)19-8-3-4-14(7-9-19)20(13(2)21)11-17(23)24/h5-6,10,14,22H,3-4,7-9,11H2,1-2H3,(H,23,24). The zero-order valence-corrected chi connectivity index (χ0v) is 14.6. The van der Waals surface area contributed by atoms with Gasteiger partial charge < -0.3 is 20.0 Å². The maximum absolute atomic E-state index is 12.7. The lowest BCUT2D eigenvalue weighted by molar-refractivity contribution is -0.145. The number of phenols is 1. The Morgan fingerprint density at radius 1 is 1.24 bits per heavy atom. The van der Waals surface area contributed by atoms with E-state index in [1.54, 1.807) is 17.0 Å².